The fraction of sp³-hybridized carbons (Fsp3) is 0.500. The molecule has 1 N–H and O–H groups in total. The van der Waals surface area contributed by atoms with E-state index < -0.39 is 5.97 Å². The molecule has 0 bridgehead atoms. The van der Waals surface area contributed by atoms with E-state index in [-0.39, 0.29) is 12.0 Å². The molecule has 1 aliphatic heterocycles. The molecule has 2 rings (SSSR count). The van der Waals surface area contributed by atoms with Crippen molar-refractivity contribution in [3.63, 3.8) is 0 Å². The Kier molecular flexibility index (Phi) is 3.77. The molecule has 17 heavy (non-hydrogen) atoms. The Morgan fingerprint density at radius 2 is 2.29 bits per heavy atom. The molecule has 4 nitrogen and oxygen atoms in total. The molecule has 1 fully saturated rings. The number of hydrogen-bond acceptors (Lipinski definition) is 4. The molecule has 0 amide bonds. The number of rotatable bonds is 3. The SMILES string of the molecule is N#C[C@H](c1cccs1)N1CCC(C(=O)O)CC1. The molecule has 0 aromatic carbocycles. The minimum atomic E-state index is -0.714. The second-order valence-electron chi connectivity index (χ2n) is 4.20. The first-order valence-electron chi connectivity index (χ1n) is 5.62. The molecule has 90 valence electrons. The second kappa shape index (κ2) is 5.30. The normalized spacial score (nSPS) is 19.7. The quantitative estimate of drug-likeness (QED) is 0.892. The van der Waals surface area contributed by atoms with Gasteiger partial charge >= 0.3 is 5.97 Å². The van der Waals surface area contributed by atoms with Crippen molar-refractivity contribution in [2.24, 2.45) is 5.92 Å². The van der Waals surface area contributed by atoms with Gasteiger partial charge in [-0.15, -0.1) is 11.3 Å². The fourth-order valence-electron chi connectivity index (χ4n) is 2.18. The predicted octanol–water partition coefficient (Wildman–Crippen LogP) is 2.11. The maximum Gasteiger partial charge on any atom is 0.306 e. The van der Waals surface area contributed by atoms with Crippen LogP contribution in [-0.2, 0) is 4.79 Å². The summed E-state index contributed by atoms with van der Waals surface area (Å²) in [5.41, 5.74) is 0. The van der Waals surface area contributed by atoms with Crippen molar-refractivity contribution < 1.29 is 9.90 Å². The third-order valence-corrected chi connectivity index (χ3v) is 4.10. The van der Waals surface area contributed by atoms with Crippen molar-refractivity contribution >= 4 is 17.3 Å². The lowest BCUT2D eigenvalue weighted by atomic mass is 9.96. The number of likely N-dealkylation sites (tertiary alicyclic amines) is 1. The molecule has 1 aromatic heterocycles. The number of carboxylic acid groups (broad SMARTS) is 1. The molecule has 2 heterocycles. The minimum Gasteiger partial charge on any atom is -0.481 e. The smallest absolute Gasteiger partial charge is 0.306 e. The third-order valence-electron chi connectivity index (χ3n) is 3.18. The Morgan fingerprint density at radius 3 is 2.76 bits per heavy atom. The number of aliphatic carboxylic acids is 1. The van der Waals surface area contributed by atoms with Gasteiger partial charge in [-0.25, -0.2) is 0 Å². The maximum absolute atomic E-state index is 10.8. The molecule has 1 saturated heterocycles. The molecule has 1 aromatic rings. The van der Waals surface area contributed by atoms with E-state index in [1.165, 1.54) is 0 Å². The lowest BCUT2D eigenvalue weighted by molar-refractivity contribution is -0.143. The van der Waals surface area contributed by atoms with Crippen molar-refractivity contribution in [1.29, 1.82) is 5.26 Å². The van der Waals surface area contributed by atoms with Crippen LogP contribution < -0.4 is 0 Å². The van der Waals surface area contributed by atoms with Crippen molar-refractivity contribution in [1.82, 2.24) is 4.90 Å². The van der Waals surface area contributed by atoms with Crippen LogP contribution in [0.15, 0.2) is 17.5 Å². The molecule has 0 aliphatic carbocycles. The van der Waals surface area contributed by atoms with Gasteiger partial charge in [0.15, 0.2) is 0 Å². The topological polar surface area (TPSA) is 64.3 Å². The van der Waals surface area contributed by atoms with Crippen LogP contribution in [0.2, 0.25) is 0 Å². The summed E-state index contributed by atoms with van der Waals surface area (Å²) in [4.78, 5) is 14.0. The Bertz CT molecular complexity index is 416. The molecular formula is C12H14N2O2S. The molecule has 1 atom stereocenters. The second-order valence-corrected chi connectivity index (χ2v) is 5.17. The van der Waals surface area contributed by atoms with E-state index in [1.807, 2.05) is 17.5 Å². The van der Waals surface area contributed by atoms with Crippen molar-refractivity contribution in [2.45, 2.75) is 18.9 Å². The van der Waals surface area contributed by atoms with Gasteiger partial charge in [-0.1, -0.05) is 6.07 Å². The highest BCUT2D eigenvalue weighted by Gasteiger charge is 2.29. The van der Waals surface area contributed by atoms with Crippen molar-refractivity contribution in [3.8, 4) is 6.07 Å². The van der Waals surface area contributed by atoms with Gasteiger partial charge in [-0.05, 0) is 24.3 Å². The molecule has 1 aliphatic rings. The lowest BCUT2D eigenvalue weighted by Crippen LogP contribution is -2.38. The number of thiophene rings is 1. The zero-order chi connectivity index (χ0) is 12.3. The average molecular weight is 250 g/mol. The highest BCUT2D eigenvalue weighted by molar-refractivity contribution is 7.10. The van der Waals surface area contributed by atoms with Gasteiger partial charge in [0.1, 0.15) is 6.04 Å². The lowest BCUT2D eigenvalue weighted by Gasteiger charge is -2.32. The molecule has 5 heteroatoms. The van der Waals surface area contributed by atoms with Gasteiger partial charge in [0.25, 0.3) is 0 Å². The van der Waals surface area contributed by atoms with Gasteiger partial charge in [-0.3, -0.25) is 9.69 Å². The minimum absolute atomic E-state index is 0.218. The summed E-state index contributed by atoms with van der Waals surface area (Å²) in [5, 5.41) is 20.1. The van der Waals surface area contributed by atoms with E-state index >= 15 is 0 Å². The number of piperidine rings is 1. The van der Waals surface area contributed by atoms with Crippen LogP contribution >= 0.6 is 11.3 Å². The van der Waals surface area contributed by atoms with E-state index in [0.717, 1.165) is 4.88 Å². The van der Waals surface area contributed by atoms with Gasteiger partial charge in [0.2, 0.25) is 0 Å². The summed E-state index contributed by atoms with van der Waals surface area (Å²) >= 11 is 1.58. The van der Waals surface area contributed by atoms with E-state index in [1.54, 1.807) is 11.3 Å². The molecule has 0 radical (unpaired) electrons. The summed E-state index contributed by atoms with van der Waals surface area (Å²) in [6.07, 6.45) is 1.28. The number of hydrogen-bond donors (Lipinski definition) is 1. The molecule has 0 saturated carbocycles. The Balaban J connectivity index is 2.00. The Morgan fingerprint density at radius 1 is 1.59 bits per heavy atom. The fourth-order valence-corrected chi connectivity index (χ4v) is 2.98. The standard InChI is InChI=1S/C12H14N2O2S/c13-8-10(11-2-1-7-17-11)14-5-3-9(4-6-14)12(15)16/h1-2,7,9-10H,3-6H2,(H,15,16)/t10-/m1/s1. The first kappa shape index (κ1) is 12.1. The van der Waals surface area contributed by atoms with Gasteiger partial charge in [0, 0.05) is 18.0 Å². The zero-order valence-electron chi connectivity index (χ0n) is 9.37. The molecule has 0 spiro atoms. The molecular weight excluding hydrogens is 236 g/mol. The highest BCUT2D eigenvalue weighted by Crippen LogP contribution is 2.28. The van der Waals surface area contributed by atoms with E-state index in [2.05, 4.69) is 11.0 Å². The van der Waals surface area contributed by atoms with Crippen LogP contribution in [0.3, 0.4) is 0 Å². The third kappa shape index (κ3) is 2.65. The number of carboxylic acids is 1. The summed E-state index contributed by atoms with van der Waals surface area (Å²) in [7, 11) is 0. The number of nitrogens with zero attached hydrogens (tertiary/aromatic N) is 2. The van der Waals surface area contributed by atoms with Crippen LogP contribution in [0.1, 0.15) is 23.8 Å². The van der Waals surface area contributed by atoms with Crippen molar-refractivity contribution in [3.05, 3.63) is 22.4 Å². The van der Waals surface area contributed by atoms with Crippen molar-refractivity contribution in [2.75, 3.05) is 13.1 Å². The number of carbonyl (C=O) groups is 1. The number of nitriles is 1. The van der Waals surface area contributed by atoms with Crippen LogP contribution in [0.4, 0.5) is 0 Å². The van der Waals surface area contributed by atoms with Gasteiger partial charge in [0.05, 0.1) is 12.0 Å². The Hall–Kier alpha value is -1.38. The van der Waals surface area contributed by atoms with E-state index in [4.69, 9.17) is 5.11 Å². The average Bonchev–Trinajstić information content (AvgIpc) is 2.84. The van der Waals surface area contributed by atoms with Crippen LogP contribution in [0.5, 0.6) is 0 Å². The summed E-state index contributed by atoms with van der Waals surface area (Å²) in [5.74, 6) is -0.955. The highest BCUT2D eigenvalue weighted by atomic mass is 32.1. The first-order valence-corrected chi connectivity index (χ1v) is 6.50. The maximum atomic E-state index is 10.8. The summed E-state index contributed by atoms with van der Waals surface area (Å²) in [6, 6.07) is 5.99. The largest absolute Gasteiger partial charge is 0.481 e. The molecule has 0 unspecified atom stereocenters. The van der Waals surface area contributed by atoms with Crippen LogP contribution in [0.25, 0.3) is 0 Å². The van der Waals surface area contributed by atoms with E-state index in [9.17, 15) is 10.1 Å². The predicted molar refractivity (Wildman–Crippen MR) is 64.6 cm³/mol. The monoisotopic (exact) mass is 250 g/mol. The summed E-state index contributed by atoms with van der Waals surface area (Å²) < 4.78 is 0. The van der Waals surface area contributed by atoms with Crippen LogP contribution in [0, 0.1) is 17.2 Å². The van der Waals surface area contributed by atoms with Gasteiger partial charge < -0.3 is 5.11 Å². The van der Waals surface area contributed by atoms with E-state index in [0.29, 0.717) is 25.9 Å². The Labute approximate surface area is 104 Å². The first-order chi connectivity index (χ1) is 8.22. The summed E-state index contributed by atoms with van der Waals surface area (Å²) in [6.45, 7) is 1.38. The van der Waals surface area contributed by atoms with Gasteiger partial charge in [-0.2, -0.15) is 5.26 Å². The zero-order valence-corrected chi connectivity index (χ0v) is 10.2. The van der Waals surface area contributed by atoms with Crippen LogP contribution in [-0.4, -0.2) is 29.1 Å².